The summed E-state index contributed by atoms with van der Waals surface area (Å²) in [7, 11) is 0. The number of aromatic nitrogens is 2. The van der Waals surface area contributed by atoms with Crippen molar-refractivity contribution in [3.63, 3.8) is 0 Å². The second-order valence-corrected chi connectivity index (χ2v) is 7.85. The summed E-state index contributed by atoms with van der Waals surface area (Å²) in [5.41, 5.74) is -0.109. The molecule has 170 valence electrons. The van der Waals surface area contributed by atoms with E-state index in [1.165, 1.54) is 11.3 Å². The van der Waals surface area contributed by atoms with Crippen LogP contribution in [0.5, 0.6) is 0 Å². The minimum Gasteiger partial charge on any atom is -0.344 e. The van der Waals surface area contributed by atoms with E-state index in [0.29, 0.717) is 6.42 Å². The van der Waals surface area contributed by atoms with Gasteiger partial charge in [-0.3, -0.25) is 9.78 Å². The van der Waals surface area contributed by atoms with Crippen LogP contribution < -0.4 is 5.32 Å². The van der Waals surface area contributed by atoms with Crippen molar-refractivity contribution in [1.82, 2.24) is 15.3 Å². The molecule has 0 aliphatic carbocycles. The Hall–Kier alpha value is -2.95. The first-order valence-corrected chi connectivity index (χ1v) is 10.2. The van der Waals surface area contributed by atoms with Crippen LogP contribution in [0.1, 0.15) is 45.4 Å². The Labute approximate surface area is 183 Å². The molecule has 3 rings (SSSR count). The molecule has 0 aliphatic heterocycles. The third kappa shape index (κ3) is 5.64. The maximum absolute atomic E-state index is 13.6. The lowest BCUT2D eigenvalue weighted by atomic mass is 9.97. The van der Waals surface area contributed by atoms with E-state index in [0.717, 1.165) is 53.2 Å². The van der Waals surface area contributed by atoms with Crippen LogP contribution in [-0.2, 0) is 23.6 Å². The van der Waals surface area contributed by atoms with Crippen molar-refractivity contribution >= 4 is 17.2 Å². The highest BCUT2D eigenvalue weighted by Crippen LogP contribution is 2.36. The normalized spacial score (nSPS) is 13.1. The van der Waals surface area contributed by atoms with Crippen molar-refractivity contribution < 1.29 is 31.1 Å². The fourth-order valence-electron chi connectivity index (χ4n) is 3.09. The number of carbonyl (C=O) groups is 1. The number of benzene rings is 1. The molecule has 0 saturated carbocycles. The Morgan fingerprint density at radius 2 is 1.72 bits per heavy atom. The van der Waals surface area contributed by atoms with Crippen molar-refractivity contribution in [3.8, 4) is 0 Å². The van der Waals surface area contributed by atoms with E-state index >= 15 is 0 Å². The van der Waals surface area contributed by atoms with Gasteiger partial charge in [-0.05, 0) is 43.2 Å². The second kappa shape index (κ2) is 9.27. The summed E-state index contributed by atoms with van der Waals surface area (Å²) in [6.07, 6.45) is -7.94. The molecule has 1 aromatic carbocycles. The molecule has 11 heteroatoms. The molecule has 0 spiro atoms. The molecular formula is C21H17F6N3OS. The second-order valence-electron chi connectivity index (χ2n) is 6.92. The van der Waals surface area contributed by atoms with Gasteiger partial charge in [0.2, 0.25) is 5.91 Å². The van der Waals surface area contributed by atoms with Crippen LogP contribution in [0.3, 0.4) is 0 Å². The number of alkyl halides is 6. The monoisotopic (exact) mass is 473 g/mol. The van der Waals surface area contributed by atoms with E-state index in [1.54, 1.807) is 12.4 Å². The number of aryl methyl sites for hydroxylation is 2. The number of halogens is 6. The van der Waals surface area contributed by atoms with Gasteiger partial charge >= 0.3 is 12.4 Å². The van der Waals surface area contributed by atoms with Crippen molar-refractivity contribution in [2.75, 3.05) is 0 Å². The van der Waals surface area contributed by atoms with Gasteiger partial charge in [0.15, 0.2) is 0 Å². The summed E-state index contributed by atoms with van der Waals surface area (Å²) in [6.45, 7) is 1.78. The summed E-state index contributed by atoms with van der Waals surface area (Å²) in [5, 5.41) is 2.50. The van der Waals surface area contributed by atoms with Gasteiger partial charge in [0.1, 0.15) is 0 Å². The first-order valence-electron chi connectivity index (χ1n) is 9.34. The van der Waals surface area contributed by atoms with Gasteiger partial charge in [0.05, 0.1) is 34.1 Å². The minimum absolute atomic E-state index is 0.0334. The Bertz CT molecular complexity index is 1080. The number of thiazole rings is 1. The number of nitrogens with one attached hydrogen (secondary N) is 1. The number of rotatable bonds is 6. The molecule has 2 aromatic heterocycles. The SMILES string of the molecule is Cc1ncsc1CCC(=O)NC(c1ccc(C(F)(F)F)cc1)c1ncccc1C(F)(F)F. The Balaban J connectivity index is 1.93. The maximum atomic E-state index is 13.6. The molecule has 0 bridgehead atoms. The fourth-order valence-corrected chi connectivity index (χ4v) is 3.87. The molecule has 2 heterocycles. The maximum Gasteiger partial charge on any atom is 0.418 e. The Kier molecular flexibility index (Phi) is 6.87. The third-order valence-electron chi connectivity index (χ3n) is 4.72. The van der Waals surface area contributed by atoms with E-state index < -0.39 is 41.1 Å². The molecule has 1 unspecified atom stereocenters. The van der Waals surface area contributed by atoms with E-state index in [9.17, 15) is 31.1 Å². The van der Waals surface area contributed by atoms with Crippen molar-refractivity contribution in [3.05, 3.63) is 81.1 Å². The van der Waals surface area contributed by atoms with E-state index in [4.69, 9.17) is 0 Å². The molecule has 0 fully saturated rings. The average molecular weight is 473 g/mol. The highest BCUT2D eigenvalue weighted by atomic mass is 32.1. The number of carbonyl (C=O) groups excluding carboxylic acids is 1. The van der Waals surface area contributed by atoms with Gasteiger partial charge in [-0.1, -0.05) is 12.1 Å². The first-order chi connectivity index (χ1) is 15.0. The van der Waals surface area contributed by atoms with Crippen molar-refractivity contribution in [2.45, 2.75) is 38.2 Å². The number of hydrogen-bond donors (Lipinski definition) is 1. The van der Waals surface area contributed by atoms with Gasteiger partial charge in [0.25, 0.3) is 0 Å². The lowest BCUT2D eigenvalue weighted by Gasteiger charge is -2.23. The molecule has 1 amide bonds. The topological polar surface area (TPSA) is 54.9 Å². The Morgan fingerprint density at radius 3 is 2.28 bits per heavy atom. The number of pyridine rings is 1. The predicted octanol–water partition coefficient (Wildman–Crippen LogP) is 5.72. The summed E-state index contributed by atoms with van der Waals surface area (Å²) in [5.74, 6) is -0.568. The summed E-state index contributed by atoms with van der Waals surface area (Å²) in [6, 6.07) is 4.12. The van der Waals surface area contributed by atoms with E-state index in [-0.39, 0.29) is 12.0 Å². The minimum atomic E-state index is -4.77. The van der Waals surface area contributed by atoms with Crippen molar-refractivity contribution in [2.24, 2.45) is 0 Å². The van der Waals surface area contributed by atoms with Crippen LogP contribution in [0.4, 0.5) is 26.3 Å². The van der Waals surface area contributed by atoms with Gasteiger partial charge in [-0.25, -0.2) is 4.98 Å². The van der Waals surface area contributed by atoms with Gasteiger partial charge in [-0.2, -0.15) is 26.3 Å². The third-order valence-corrected chi connectivity index (χ3v) is 5.71. The zero-order valence-corrected chi connectivity index (χ0v) is 17.4. The molecule has 0 aliphatic rings. The largest absolute Gasteiger partial charge is 0.418 e. The van der Waals surface area contributed by atoms with E-state index in [1.807, 2.05) is 0 Å². The van der Waals surface area contributed by atoms with Gasteiger partial charge in [-0.15, -0.1) is 11.3 Å². The molecule has 1 atom stereocenters. The van der Waals surface area contributed by atoms with Crippen LogP contribution in [0.2, 0.25) is 0 Å². The molecule has 4 nitrogen and oxygen atoms in total. The number of hydrogen-bond acceptors (Lipinski definition) is 4. The quantitative estimate of drug-likeness (QED) is 0.466. The van der Waals surface area contributed by atoms with Gasteiger partial charge in [0, 0.05) is 17.5 Å². The van der Waals surface area contributed by atoms with Crippen LogP contribution >= 0.6 is 11.3 Å². The number of nitrogens with zero attached hydrogens (tertiary/aromatic N) is 2. The summed E-state index contributed by atoms with van der Waals surface area (Å²) in [4.78, 5) is 21.3. The summed E-state index contributed by atoms with van der Waals surface area (Å²) < 4.78 is 79.4. The van der Waals surface area contributed by atoms with Crippen LogP contribution in [-0.4, -0.2) is 15.9 Å². The molecule has 0 saturated heterocycles. The molecule has 32 heavy (non-hydrogen) atoms. The molecule has 1 N–H and O–H groups in total. The van der Waals surface area contributed by atoms with Crippen LogP contribution in [0.15, 0.2) is 48.1 Å². The Morgan fingerprint density at radius 1 is 1.03 bits per heavy atom. The van der Waals surface area contributed by atoms with Crippen LogP contribution in [0, 0.1) is 6.92 Å². The zero-order chi connectivity index (χ0) is 23.5. The smallest absolute Gasteiger partial charge is 0.344 e. The van der Waals surface area contributed by atoms with E-state index in [2.05, 4.69) is 15.3 Å². The highest BCUT2D eigenvalue weighted by Gasteiger charge is 2.37. The summed E-state index contributed by atoms with van der Waals surface area (Å²) >= 11 is 1.35. The highest BCUT2D eigenvalue weighted by molar-refractivity contribution is 7.09. The van der Waals surface area contributed by atoms with Crippen LogP contribution in [0.25, 0.3) is 0 Å². The van der Waals surface area contributed by atoms with Crippen molar-refractivity contribution in [1.29, 1.82) is 0 Å². The standard InChI is InChI=1S/C21H17F6N3OS/c1-12-16(32-11-29-12)8-9-17(31)30-18(13-4-6-14(7-5-13)20(22,23)24)19-15(21(25,26)27)3-2-10-28-19/h2-7,10-11,18H,8-9H2,1H3,(H,30,31). The first kappa shape index (κ1) is 23.7. The lowest BCUT2D eigenvalue weighted by Crippen LogP contribution is -2.32. The molecular weight excluding hydrogens is 456 g/mol. The number of amides is 1. The molecule has 0 radical (unpaired) electrons. The predicted molar refractivity (Wildman–Crippen MR) is 106 cm³/mol. The fraction of sp³-hybridized carbons (Fsp3) is 0.286. The van der Waals surface area contributed by atoms with Gasteiger partial charge < -0.3 is 5.32 Å². The zero-order valence-electron chi connectivity index (χ0n) is 16.6. The average Bonchev–Trinajstić information content (AvgIpc) is 3.14. The lowest BCUT2D eigenvalue weighted by molar-refractivity contribution is -0.139. The molecule has 3 aromatic rings.